The molecule has 0 saturated carbocycles. The first-order valence-corrected chi connectivity index (χ1v) is 9.23. The van der Waals surface area contributed by atoms with Gasteiger partial charge in [0, 0.05) is 37.6 Å². The fraction of sp³-hybridized carbons (Fsp3) is 0.286. The van der Waals surface area contributed by atoms with Crippen LogP contribution in [0.5, 0.6) is 0 Å². The maximum absolute atomic E-state index is 14.4. The third kappa shape index (κ3) is 3.54. The van der Waals surface area contributed by atoms with Crippen molar-refractivity contribution < 1.29 is 17.6 Å². The summed E-state index contributed by atoms with van der Waals surface area (Å²) in [5.41, 5.74) is 3.95. The average Bonchev–Trinajstić information content (AvgIpc) is 3.16. The van der Waals surface area contributed by atoms with Gasteiger partial charge in [-0.25, -0.2) is 9.37 Å². The lowest BCUT2D eigenvalue weighted by Crippen LogP contribution is -2.34. The number of pyridine rings is 1. The normalized spacial score (nSPS) is 18.9. The van der Waals surface area contributed by atoms with Gasteiger partial charge in [0.1, 0.15) is 5.82 Å². The molecule has 2 aliphatic heterocycles. The Bertz CT molecular complexity index is 1030. The molecule has 4 nitrogen and oxygen atoms in total. The molecule has 0 aromatic carbocycles. The molecule has 0 spiro atoms. The standard InChI is InChI=1S/C21H20F4N4/c1-12-5-8-29(20-18(22)9-14(10-28-20)21(23,24)25)11-17(12)13(2)15-3-6-26-19-16(15)4-7-27-19/h3-4,7,9-10,26-27H,1,5-6,8,11H2,2H3/b17-13+. The van der Waals surface area contributed by atoms with Crippen LogP contribution >= 0.6 is 0 Å². The van der Waals surface area contributed by atoms with Crippen molar-refractivity contribution in [1.82, 2.24) is 9.97 Å². The van der Waals surface area contributed by atoms with Crippen LogP contribution in [0.4, 0.5) is 29.2 Å². The summed E-state index contributed by atoms with van der Waals surface area (Å²) in [5.74, 6) is -0.105. The lowest BCUT2D eigenvalue weighted by molar-refractivity contribution is -0.138. The number of allylic oxidation sites excluding steroid dienone is 2. The lowest BCUT2D eigenvalue weighted by atomic mass is 9.88. The molecule has 0 radical (unpaired) electrons. The maximum atomic E-state index is 14.4. The molecule has 0 atom stereocenters. The number of alkyl halides is 3. The molecule has 4 rings (SSSR count). The minimum Gasteiger partial charge on any atom is -0.368 e. The number of hydrogen-bond donors (Lipinski definition) is 2. The summed E-state index contributed by atoms with van der Waals surface area (Å²) in [6, 6.07) is 2.49. The summed E-state index contributed by atoms with van der Waals surface area (Å²) in [4.78, 5) is 8.60. The molecular formula is C21H20F4N4. The highest BCUT2D eigenvalue weighted by atomic mass is 19.4. The summed E-state index contributed by atoms with van der Waals surface area (Å²) in [7, 11) is 0. The van der Waals surface area contributed by atoms with E-state index in [9.17, 15) is 17.6 Å². The van der Waals surface area contributed by atoms with Gasteiger partial charge in [0.2, 0.25) is 0 Å². The molecule has 4 heterocycles. The smallest absolute Gasteiger partial charge is 0.368 e. The molecule has 0 unspecified atom stereocenters. The highest BCUT2D eigenvalue weighted by molar-refractivity contribution is 5.88. The van der Waals surface area contributed by atoms with Crippen molar-refractivity contribution in [3.63, 3.8) is 0 Å². The zero-order valence-corrected chi connectivity index (χ0v) is 15.8. The highest BCUT2D eigenvalue weighted by Gasteiger charge is 2.33. The van der Waals surface area contributed by atoms with Crippen LogP contribution in [0, 0.1) is 5.82 Å². The molecule has 0 amide bonds. The molecule has 1 fully saturated rings. The Morgan fingerprint density at radius 2 is 2.10 bits per heavy atom. The molecule has 152 valence electrons. The number of aromatic nitrogens is 2. The Kier molecular flexibility index (Phi) is 4.72. The van der Waals surface area contributed by atoms with Gasteiger partial charge >= 0.3 is 6.18 Å². The minimum absolute atomic E-state index is 0.0718. The van der Waals surface area contributed by atoms with Crippen LogP contribution in [-0.4, -0.2) is 29.6 Å². The van der Waals surface area contributed by atoms with E-state index in [0.717, 1.165) is 33.7 Å². The van der Waals surface area contributed by atoms with E-state index in [-0.39, 0.29) is 5.82 Å². The topological polar surface area (TPSA) is 44.0 Å². The molecule has 0 aliphatic carbocycles. The van der Waals surface area contributed by atoms with Gasteiger partial charge in [-0.05, 0) is 47.8 Å². The first-order valence-electron chi connectivity index (χ1n) is 9.23. The van der Waals surface area contributed by atoms with Crippen molar-refractivity contribution in [3.05, 3.63) is 70.8 Å². The van der Waals surface area contributed by atoms with E-state index in [1.165, 1.54) is 0 Å². The van der Waals surface area contributed by atoms with Crippen molar-refractivity contribution in [3.8, 4) is 0 Å². The van der Waals surface area contributed by atoms with Gasteiger partial charge in [-0.1, -0.05) is 12.7 Å². The van der Waals surface area contributed by atoms with Crippen LogP contribution in [0.25, 0.3) is 5.57 Å². The van der Waals surface area contributed by atoms with E-state index in [4.69, 9.17) is 0 Å². The van der Waals surface area contributed by atoms with Crippen molar-refractivity contribution in [2.75, 3.05) is 29.9 Å². The second-order valence-electron chi connectivity index (χ2n) is 7.17. The summed E-state index contributed by atoms with van der Waals surface area (Å²) >= 11 is 0. The Morgan fingerprint density at radius 1 is 1.31 bits per heavy atom. The number of anilines is 2. The van der Waals surface area contributed by atoms with Crippen molar-refractivity contribution in [2.45, 2.75) is 19.5 Å². The average molecular weight is 404 g/mol. The molecular weight excluding hydrogens is 384 g/mol. The first kappa shape index (κ1) is 19.3. The summed E-state index contributed by atoms with van der Waals surface area (Å²) in [6.07, 6.45) is 0.583. The largest absolute Gasteiger partial charge is 0.417 e. The van der Waals surface area contributed by atoms with Gasteiger partial charge in [0.15, 0.2) is 11.6 Å². The van der Waals surface area contributed by atoms with Crippen LogP contribution in [0.1, 0.15) is 24.5 Å². The lowest BCUT2D eigenvalue weighted by Gasteiger charge is -2.33. The van der Waals surface area contributed by atoms with Gasteiger partial charge in [-0.2, -0.15) is 13.2 Å². The second kappa shape index (κ2) is 7.09. The van der Waals surface area contributed by atoms with Crippen LogP contribution in [0.3, 0.4) is 0 Å². The molecule has 0 bridgehead atoms. The molecule has 1 saturated heterocycles. The fourth-order valence-corrected chi connectivity index (χ4v) is 3.81. The number of hydrogen-bond acceptors (Lipinski definition) is 3. The number of halogens is 4. The Hall–Kier alpha value is -3.03. The van der Waals surface area contributed by atoms with E-state index < -0.39 is 17.6 Å². The maximum Gasteiger partial charge on any atom is 0.417 e. The molecule has 29 heavy (non-hydrogen) atoms. The third-order valence-corrected chi connectivity index (χ3v) is 5.39. The van der Waals surface area contributed by atoms with Gasteiger partial charge in [-0.3, -0.25) is 0 Å². The number of aromatic amines is 1. The zero-order chi connectivity index (χ0) is 20.8. The molecule has 2 aromatic rings. The van der Waals surface area contributed by atoms with Gasteiger partial charge in [-0.15, -0.1) is 0 Å². The SMILES string of the molecule is C=C1CCN(c2ncc(C(F)(F)F)cc2F)C/C1=C(/C)C1=CCNc2[nH]ccc21. The number of nitrogens with zero attached hydrogens (tertiary/aromatic N) is 2. The molecule has 2 aliphatic rings. The van der Waals surface area contributed by atoms with Crippen LogP contribution in [-0.2, 0) is 6.18 Å². The van der Waals surface area contributed by atoms with Gasteiger partial charge in [0.05, 0.1) is 5.56 Å². The molecule has 2 N–H and O–H groups in total. The minimum atomic E-state index is -4.63. The van der Waals surface area contributed by atoms with Crippen LogP contribution < -0.4 is 10.2 Å². The quantitative estimate of drug-likeness (QED) is 0.680. The summed E-state index contributed by atoms with van der Waals surface area (Å²) in [6.45, 7) is 7.61. The Morgan fingerprint density at radius 3 is 2.83 bits per heavy atom. The fourth-order valence-electron chi connectivity index (χ4n) is 3.81. The Labute approximate surface area is 165 Å². The summed E-state index contributed by atoms with van der Waals surface area (Å²) < 4.78 is 52.9. The predicted octanol–water partition coefficient (Wildman–Crippen LogP) is 5.16. The number of nitrogens with one attached hydrogen (secondary N) is 2. The molecule has 2 aromatic heterocycles. The van der Waals surface area contributed by atoms with Crippen LogP contribution in [0.15, 0.2) is 53.9 Å². The van der Waals surface area contributed by atoms with Crippen molar-refractivity contribution in [2.24, 2.45) is 0 Å². The number of H-pyrrole nitrogens is 1. The summed E-state index contributed by atoms with van der Waals surface area (Å²) in [5, 5.41) is 3.26. The number of rotatable bonds is 2. The van der Waals surface area contributed by atoms with Crippen LogP contribution in [0.2, 0.25) is 0 Å². The van der Waals surface area contributed by atoms with E-state index in [1.807, 2.05) is 19.2 Å². The molecule has 8 heteroatoms. The van der Waals surface area contributed by atoms with E-state index in [1.54, 1.807) is 4.90 Å². The number of piperidine rings is 1. The third-order valence-electron chi connectivity index (χ3n) is 5.39. The Balaban J connectivity index is 1.67. The predicted molar refractivity (Wildman–Crippen MR) is 105 cm³/mol. The van der Waals surface area contributed by atoms with Gasteiger partial charge < -0.3 is 15.2 Å². The second-order valence-corrected chi connectivity index (χ2v) is 7.17. The van der Waals surface area contributed by atoms with Crippen molar-refractivity contribution in [1.29, 1.82) is 0 Å². The van der Waals surface area contributed by atoms with E-state index in [2.05, 4.69) is 27.9 Å². The van der Waals surface area contributed by atoms with E-state index in [0.29, 0.717) is 38.3 Å². The van der Waals surface area contributed by atoms with E-state index >= 15 is 0 Å². The number of fused-ring (bicyclic) bond motifs is 1. The first-order chi connectivity index (χ1) is 13.8. The monoisotopic (exact) mass is 404 g/mol. The zero-order valence-electron chi connectivity index (χ0n) is 15.8. The van der Waals surface area contributed by atoms with Gasteiger partial charge in [0.25, 0.3) is 0 Å². The van der Waals surface area contributed by atoms with Crippen molar-refractivity contribution >= 4 is 17.2 Å². The highest BCUT2D eigenvalue weighted by Crippen LogP contribution is 2.37.